The van der Waals surface area contributed by atoms with E-state index in [-0.39, 0.29) is 5.56 Å². The monoisotopic (exact) mass is 314 g/mol. The van der Waals surface area contributed by atoms with Crippen LogP contribution in [-0.2, 0) is 13.1 Å². The zero-order valence-corrected chi connectivity index (χ0v) is 13.0. The van der Waals surface area contributed by atoms with E-state index in [9.17, 15) is 4.79 Å². The second-order valence-electron chi connectivity index (χ2n) is 5.07. The van der Waals surface area contributed by atoms with Crippen LogP contribution in [0.4, 0.5) is 0 Å². The number of benzene rings is 1. The quantitative estimate of drug-likeness (QED) is 0.717. The Kier molecular flexibility index (Phi) is 4.29. The number of aromatic nitrogens is 3. The van der Waals surface area contributed by atoms with Crippen molar-refractivity contribution in [1.29, 1.82) is 0 Å². The van der Waals surface area contributed by atoms with Crippen LogP contribution in [-0.4, -0.2) is 28.8 Å². The van der Waals surface area contributed by atoms with Gasteiger partial charge >= 0.3 is 0 Å². The third kappa shape index (κ3) is 3.35. The molecule has 0 aliphatic carbocycles. The molecule has 0 aliphatic heterocycles. The van der Waals surface area contributed by atoms with E-state index in [0.29, 0.717) is 24.4 Å². The zero-order valence-electron chi connectivity index (χ0n) is 13.0. The highest BCUT2D eigenvalue weighted by Crippen LogP contribution is 2.22. The maximum absolute atomic E-state index is 11.9. The number of rotatable bonds is 6. The molecule has 0 saturated heterocycles. The topological polar surface area (TPSA) is 80.6 Å². The van der Waals surface area contributed by atoms with Crippen LogP contribution < -0.4 is 20.3 Å². The second-order valence-corrected chi connectivity index (χ2v) is 5.07. The Morgan fingerprint density at radius 1 is 1.13 bits per heavy atom. The van der Waals surface area contributed by atoms with Gasteiger partial charge in [-0.3, -0.25) is 9.89 Å². The Hall–Kier alpha value is -2.80. The molecule has 7 nitrogen and oxygen atoms in total. The first-order valence-electron chi connectivity index (χ1n) is 7.18. The molecule has 0 radical (unpaired) electrons. The van der Waals surface area contributed by atoms with Crippen molar-refractivity contribution >= 4 is 5.65 Å². The van der Waals surface area contributed by atoms with Gasteiger partial charge in [-0.05, 0) is 17.7 Å². The van der Waals surface area contributed by atoms with Crippen molar-refractivity contribution in [3.63, 3.8) is 0 Å². The zero-order chi connectivity index (χ0) is 16.2. The summed E-state index contributed by atoms with van der Waals surface area (Å²) in [7, 11) is 3.24. The van der Waals surface area contributed by atoms with Gasteiger partial charge in [-0.1, -0.05) is 0 Å². The predicted octanol–water partition coefficient (Wildman–Crippen LogP) is 1.33. The van der Waals surface area contributed by atoms with Crippen molar-refractivity contribution in [3.8, 4) is 11.5 Å². The molecule has 0 aliphatic rings. The minimum Gasteiger partial charge on any atom is -0.497 e. The maximum atomic E-state index is 11.9. The predicted molar refractivity (Wildman–Crippen MR) is 85.9 cm³/mol. The van der Waals surface area contributed by atoms with Gasteiger partial charge in [0.25, 0.3) is 5.56 Å². The van der Waals surface area contributed by atoms with Gasteiger partial charge in [0, 0.05) is 37.5 Å². The van der Waals surface area contributed by atoms with Crippen LogP contribution in [0.1, 0.15) is 11.3 Å². The smallest absolute Gasteiger partial charge is 0.272 e. The molecule has 0 fully saturated rings. The number of aromatic amines is 1. The molecule has 0 spiro atoms. The molecular weight excluding hydrogens is 296 g/mol. The van der Waals surface area contributed by atoms with Crippen LogP contribution in [0.15, 0.2) is 41.3 Å². The van der Waals surface area contributed by atoms with Crippen molar-refractivity contribution in [2.24, 2.45) is 0 Å². The fourth-order valence-electron chi connectivity index (χ4n) is 2.37. The van der Waals surface area contributed by atoms with Crippen molar-refractivity contribution in [1.82, 2.24) is 19.9 Å². The molecule has 120 valence electrons. The van der Waals surface area contributed by atoms with E-state index in [2.05, 4.69) is 15.4 Å². The number of H-pyrrole nitrogens is 1. The van der Waals surface area contributed by atoms with Gasteiger partial charge in [0.2, 0.25) is 0 Å². The lowest BCUT2D eigenvalue weighted by molar-refractivity contribution is 0.393. The molecular formula is C16H18N4O3. The minimum absolute atomic E-state index is 0.125. The van der Waals surface area contributed by atoms with E-state index in [1.807, 2.05) is 18.2 Å². The van der Waals surface area contributed by atoms with Gasteiger partial charge in [0.1, 0.15) is 11.5 Å². The molecule has 2 N–H and O–H groups in total. The Labute approximate surface area is 132 Å². The fourth-order valence-corrected chi connectivity index (χ4v) is 2.37. The van der Waals surface area contributed by atoms with Crippen LogP contribution in [0.5, 0.6) is 11.5 Å². The number of hydrogen-bond donors (Lipinski definition) is 2. The summed E-state index contributed by atoms with van der Waals surface area (Å²) in [6, 6.07) is 8.98. The third-order valence-electron chi connectivity index (χ3n) is 3.48. The van der Waals surface area contributed by atoms with Crippen LogP contribution >= 0.6 is 0 Å². The molecule has 0 unspecified atom stereocenters. The molecule has 1 aromatic carbocycles. The molecule has 3 rings (SSSR count). The molecule has 3 aromatic rings. The Morgan fingerprint density at radius 2 is 1.87 bits per heavy atom. The number of hydrogen-bond acceptors (Lipinski definition) is 5. The standard InChI is InChI=1S/C16H18N4O3/c1-22-13-5-11(6-14(8-13)23-2)9-17-10-12-7-16(21)20-15(19-12)3-4-18-20/h3-8,17-18H,9-10H2,1-2H3. The van der Waals surface area contributed by atoms with Gasteiger partial charge in [-0.2, -0.15) is 0 Å². The number of methoxy groups -OCH3 is 2. The summed E-state index contributed by atoms with van der Waals surface area (Å²) in [5, 5.41) is 6.09. The first kappa shape index (κ1) is 15.1. The van der Waals surface area contributed by atoms with Crippen LogP contribution in [0.25, 0.3) is 5.65 Å². The largest absolute Gasteiger partial charge is 0.497 e. The van der Waals surface area contributed by atoms with Gasteiger partial charge in [-0.15, -0.1) is 0 Å². The minimum atomic E-state index is -0.125. The summed E-state index contributed by atoms with van der Waals surface area (Å²) in [5.41, 5.74) is 2.21. The Morgan fingerprint density at radius 3 is 2.57 bits per heavy atom. The molecule has 0 saturated carbocycles. The second kappa shape index (κ2) is 6.53. The average molecular weight is 314 g/mol. The lowest BCUT2D eigenvalue weighted by atomic mass is 10.2. The van der Waals surface area contributed by atoms with Gasteiger partial charge in [0.15, 0.2) is 5.65 Å². The average Bonchev–Trinajstić information content (AvgIpc) is 3.03. The van der Waals surface area contributed by atoms with E-state index in [1.54, 1.807) is 26.5 Å². The normalized spacial score (nSPS) is 10.9. The van der Waals surface area contributed by atoms with Crippen molar-refractivity contribution in [2.45, 2.75) is 13.1 Å². The van der Waals surface area contributed by atoms with E-state index >= 15 is 0 Å². The summed E-state index contributed by atoms with van der Waals surface area (Å²) in [5.74, 6) is 1.48. The molecule has 0 amide bonds. The fraction of sp³-hybridized carbons (Fsp3) is 0.250. The molecule has 2 aromatic heterocycles. The first-order valence-corrected chi connectivity index (χ1v) is 7.18. The molecule has 0 bridgehead atoms. The van der Waals surface area contributed by atoms with E-state index in [1.165, 1.54) is 10.6 Å². The first-order chi connectivity index (χ1) is 11.2. The molecule has 7 heteroatoms. The summed E-state index contributed by atoms with van der Waals surface area (Å²) in [4.78, 5) is 16.3. The van der Waals surface area contributed by atoms with E-state index in [0.717, 1.165) is 17.1 Å². The van der Waals surface area contributed by atoms with Gasteiger partial charge in [0.05, 0.1) is 19.9 Å². The van der Waals surface area contributed by atoms with Crippen molar-refractivity contribution < 1.29 is 9.47 Å². The SMILES string of the molecule is COc1cc(CNCc2cc(=O)n3[nH]ccc3n2)cc(OC)c1. The number of fused-ring (bicyclic) bond motifs is 1. The van der Waals surface area contributed by atoms with Gasteiger partial charge in [-0.25, -0.2) is 9.50 Å². The van der Waals surface area contributed by atoms with E-state index in [4.69, 9.17) is 9.47 Å². The summed E-state index contributed by atoms with van der Waals surface area (Å²) >= 11 is 0. The maximum Gasteiger partial charge on any atom is 0.272 e. The Bertz CT molecular complexity index is 847. The third-order valence-corrected chi connectivity index (χ3v) is 3.48. The number of nitrogens with zero attached hydrogens (tertiary/aromatic N) is 2. The molecule has 0 atom stereocenters. The number of nitrogens with one attached hydrogen (secondary N) is 2. The highest BCUT2D eigenvalue weighted by Gasteiger charge is 2.04. The highest BCUT2D eigenvalue weighted by molar-refractivity contribution is 5.38. The van der Waals surface area contributed by atoms with Crippen molar-refractivity contribution in [3.05, 3.63) is 58.1 Å². The lowest BCUT2D eigenvalue weighted by Gasteiger charge is -2.09. The van der Waals surface area contributed by atoms with Crippen LogP contribution in [0, 0.1) is 0 Å². The summed E-state index contributed by atoms with van der Waals surface area (Å²) in [6.45, 7) is 1.11. The molecule has 23 heavy (non-hydrogen) atoms. The Balaban J connectivity index is 1.69. The molecule has 2 heterocycles. The van der Waals surface area contributed by atoms with Gasteiger partial charge < -0.3 is 14.8 Å². The van der Waals surface area contributed by atoms with Crippen molar-refractivity contribution in [2.75, 3.05) is 14.2 Å². The van der Waals surface area contributed by atoms with Crippen LogP contribution in [0.3, 0.4) is 0 Å². The summed E-state index contributed by atoms with van der Waals surface area (Å²) < 4.78 is 11.9. The van der Waals surface area contributed by atoms with Crippen LogP contribution in [0.2, 0.25) is 0 Å². The highest BCUT2D eigenvalue weighted by atomic mass is 16.5. The van der Waals surface area contributed by atoms with E-state index < -0.39 is 0 Å². The lowest BCUT2D eigenvalue weighted by Crippen LogP contribution is -2.19. The number of ether oxygens (including phenoxy) is 2. The summed E-state index contributed by atoms with van der Waals surface area (Å²) in [6.07, 6.45) is 1.68.